The number of phenols is 1. The molecule has 33 heavy (non-hydrogen) atoms. The Morgan fingerprint density at radius 1 is 1.03 bits per heavy atom. The van der Waals surface area contributed by atoms with Crippen molar-refractivity contribution < 1.29 is 14.3 Å². The average Bonchev–Trinajstić information content (AvgIpc) is 3.27. The number of amides is 1. The summed E-state index contributed by atoms with van der Waals surface area (Å²) in [4.78, 5) is 20.0. The third kappa shape index (κ3) is 4.33. The number of piperazine rings is 1. The van der Waals surface area contributed by atoms with Gasteiger partial charge in [-0.2, -0.15) is 5.10 Å². The molecule has 0 saturated carbocycles. The molecule has 0 radical (unpaired) electrons. The summed E-state index contributed by atoms with van der Waals surface area (Å²) in [5.74, 6) is -0.222. The fourth-order valence-corrected chi connectivity index (χ4v) is 3.91. The van der Waals surface area contributed by atoms with Crippen molar-refractivity contribution in [3.63, 3.8) is 0 Å². The van der Waals surface area contributed by atoms with E-state index in [4.69, 9.17) is 0 Å². The Morgan fingerprint density at radius 2 is 1.76 bits per heavy atom. The van der Waals surface area contributed by atoms with E-state index in [2.05, 4.69) is 20.5 Å². The molecule has 166 valence electrons. The van der Waals surface area contributed by atoms with Crippen LogP contribution in [0.5, 0.6) is 5.75 Å². The number of aromatic nitrogens is 3. The molecule has 4 aromatic rings. The molecule has 0 bridgehead atoms. The lowest BCUT2D eigenvalue weighted by molar-refractivity contribution is 0.0737. The van der Waals surface area contributed by atoms with E-state index in [0.29, 0.717) is 41.1 Å². The number of nitrogens with one attached hydrogen (secondary N) is 2. The van der Waals surface area contributed by atoms with Gasteiger partial charge in [0.15, 0.2) is 5.65 Å². The third-order valence-electron chi connectivity index (χ3n) is 5.66. The van der Waals surface area contributed by atoms with E-state index in [1.165, 1.54) is 12.1 Å². The number of phenolic OH excluding ortho intramolecular Hbond substituents is 1. The van der Waals surface area contributed by atoms with Gasteiger partial charge in [0.25, 0.3) is 5.91 Å². The molecule has 7 nitrogen and oxygen atoms in total. The van der Waals surface area contributed by atoms with E-state index in [1.807, 2.05) is 17.1 Å². The Kier molecular flexibility index (Phi) is 5.58. The van der Waals surface area contributed by atoms with Crippen LogP contribution in [0.1, 0.15) is 21.6 Å². The number of aromatic amines is 1. The highest BCUT2D eigenvalue weighted by molar-refractivity contribution is 6.09. The minimum atomic E-state index is -0.297. The van der Waals surface area contributed by atoms with Crippen LogP contribution < -0.4 is 5.32 Å². The lowest BCUT2D eigenvalue weighted by Gasteiger charge is -2.27. The number of carbonyl (C=O) groups excluding carboxylic acids is 1. The van der Waals surface area contributed by atoms with Crippen molar-refractivity contribution in [1.82, 2.24) is 25.4 Å². The van der Waals surface area contributed by atoms with Gasteiger partial charge in [-0.05, 0) is 54.1 Å². The molecule has 1 fully saturated rings. The zero-order valence-corrected chi connectivity index (χ0v) is 17.8. The van der Waals surface area contributed by atoms with Gasteiger partial charge in [-0.1, -0.05) is 18.2 Å². The Balaban J connectivity index is 1.61. The summed E-state index contributed by atoms with van der Waals surface area (Å²) in [6.45, 7) is 2.73. The molecule has 0 atom stereocenters. The summed E-state index contributed by atoms with van der Waals surface area (Å²) < 4.78 is 13.2. The Bertz CT molecular complexity index is 1320. The Hall–Kier alpha value is -4.04. The van der Waals surface area contributed by atoms with Crippen molar-refractivity contribution in [1.29, 1.82) is 0 Å². The van der Waals surface area contributed by atoms with E-state index < -0.39 is 0 Å². The molecule has 2 aromatic carbocycles. The number of carbonyl (C=O) groups is 1. The van der Waals surface area contributed by atoms with Gasteiger partial charge in [0.1, 0.15) is 11.6 Å². The van der Waals surface area contributed by atoms with Gasteiger partial charge >= 0.3 is 0 Å². The maximum atomic E-state index is 13.5. The molecule has 8 heteroatoms. The number of nitrogens with zero attached hydrogens (tertiary/aromatic N) is 3. The van der Waals surface area contributed by atoms with Crippen molar-refractivity contribution in [2.75, 3.05) is 26.2 Å². The molecular weight excluding hydrogens is 421 g/mol. The maximum Gasteiger partial charge on any atom is 0.254 e. The number of rotatable bonds is 4. The number of hydrogen-bond acceptors (Lipinski definition) is 5. The van der Waals surface area contributed by atoms with Gasteiger partial charge in [0.2, 0.25) is 0 Å². The van der Waals surface area contributed by atoms with Crippen molar-refractivity contribution in [3.05, 3.63) is 77.2 Å². The Morgan fingerprint density at radius 3 is 2.48 bits per heavy atom. The van der Waals surface area contributed by atoms with Crippen LogP contribution in [-0.2, 0) is 0 Å². The number of fused-ring (bicyclic) bond motifs is 1. The molecular formula is C25H22FN5O2. The van der Waals surface area contributed by atoms with Gasteiger partial charge in [0, 0.05) is 31.7 Å². The molecule has 1 amide bonds. The fourth-order valence-electron chi connectivity index (χ4n) is 3.91. The number of halogens is 1. The summed E-state index contributed by atoms with van der Waals surface area (Å²) >= 11 is 0. The summed E-state index contributed by atoms with van der Waals surface area (Å²) in [5.41, 5.74) is 3.78. The van der Waals surface area contributed by atoms with Gasteiger partial charge in [-0.3, -0.25) is 9.89 Å². The fraction of sp³-hybridized carbons (Fsp3) is 0.160. The van der Waals surface area contributed by atoms with Crippen LogP contribution in [0.25, 0.3) is 34.4 Å². The first kappa shape index (κ1) is 20.8. The number of hydrogen-bond donors (Lipinski definition) is 3. The quantitative estimate of drug-likeness (QED) is 0.447. The molecule has 3 N–H and O–H groups in total. The number of benzene rings is 2. The lowest BCUT2D eigenvalue weighted by atomic mass is 10.0. The number of pyridine rings is 1. The van der Waals surface area contributed by atoms with Crippen LogP contribution in [0.15, 0.2) is 54.6 Å². The largest absolute Gasteiger partial charge is 0.508 e. The summed E-state index contributed by atoms with van der Waals surface area (Å²) in [6, 6.07) is 14.6. The molecule has 1 aliphatic rings. The highest BCUT2D eigenvalue weighted by Crippen LogP contribution is 2.29. The van der Waals surface area contributed by atoms with Crippen molar-refractivity contribution in [2.45, 2.75) is 0 Å². The summed E-state index contributed by atoms with van der Waals surface area (Å²) in [6.07, 6.45) is 3.65. The van der Waals surface area contributed by atoms with Crippen LogP contribution in [0, 0.1) is 5.82 Å². The molecule has 0 spiro atoms. The second kappa shape index (κ2) is 8.84. The second-order valence-corrected chi connectivity index (χ2v) is 7.86. The monoisotopic (exact) mass is 443 g/mol. The zero-order chi connectivity index (χ0) is 22.8. The maximum absolute atomic E-state index is 13.5. The third-order valence-corrected chi connectivity index (χ3v) is 5.66. The molecule has 5 rings (SSSR count). The Labute approximate surface area is 189 Å². The molecule has 3 heterocycles. The standard InChI is InChI=1S/C25H22FN5O2/c26-18-6-1-16(2-7-18)3-10-21-23-20(25(33)31-13-11-27-12-14-31)15-22(28-24(23)30-29-21)17-4-8-19(32)9-5-17/h1-10,15,27,32H,11-14H2,(H,28,29,30)/b10-3+. The molecule has 2 aromatic heterocycles. The van der Waals surface area contributed by atoms with E-state index in [0.717, 1.165) is 24.2 Å². The molecule has 0 unspecified atom stereocenters. The zero-order valence-electron chi connectivity index (χ0n) is 17.8. The number of aromatic hydroxyl groups is 1. The first-order chi connectivity index (χ1) is 16.1. The van der Waals surface area contributed by atoms with Crippen LogP contribution >= 0.6 is 0 Å². The summed E-state index contributed by atoms with van der Waals surface area (Å²) in [7, 11) is 0. The van der Waals surface area contributed by atoms with E-state index in [9.17, 15) is 14.3 Å². The van der Waals surface area contributed by atoms with E-state index in [1.54, 1.807) is 42.5 Å². The van der Waals surface area contributed by atoms with E-state index in [-0.39, 0.29) is 17.5 Å². The van der Waals surface area contributed by atoms with Crippen molar-refractivity contribution >= 4 is 29.1 Å². The number of H-pyrrole nitrogens is 1. The lowest BCUT2D eigenvalue weighted by Crippen LogP contribution is -2.46. The van der Waals surface area contributed by atoms with Crippen LogP contribution in [0.2, 0.25) is 0 Å². The predicted molar refractivity (Wildman–Crippen MR) is 125 cm³/mol. The van der Waals surface area contributed by atoms with Crippen LogP contribution in [-0.4, -0.2) is 57.3 Å². The summed E-state index contributed by atoms with van der Waals surface area (Å²) in [5, 5.41) is 20.9. The highest BCUT2D eigenvalue weighted by Gasteiger charge is 2.24. The minimum absolute atomic E-state index is 0.0817. The van der Waals surface area contributed by atoms with Crippen molar-refractivity contribution in [2.24, 2.45) is 0 Å². The first-order valence-electron chi connectivity index (χ1n) is 10.7. The molecule has 1 saturated heterocycles. The van der Waals surface area contributed by atoms with Crippen LogP contribution in [0.3, 0.4) is 0 Å². The predicted octanol–water partition coefficient (Wildman–Crippen LogP) is 3.69. The van der Waals surface area contributed by atoms with Crippen LogP contribution in [0.4, 0.5) is 4.39 Å². The highest BCUT2D eigenvalue weighted by atomic mass is 19.1. The topological polar surface area (TPSA) is 94.1 Å². The minimum Gasteiger partial charge on any atom is -0.508 e. The van der Waals surface area contributed by atoms with Gasteiger partial charge in [-0.15, -0.1) is 0 Å². The van der Waals surface area contributed by atoms with Gasteiger partial charge < -0.3 is 15.3 Å². The molecule has 1 aliphatic heterocycles. The second-order valence-electron chi connectivity index (χ2n) is 7.86. The normalized spacial score (nSPS) is 14.3. The molecule has 0 aliphatic carbocycles. The smallest absolute Gasteiger partial charge is 0.254 e. The van der Waals surface area contributed by atoms with Gasteiger partial charge in [0.05, 0.1) is 22.3 Å². The van der Waals surface area contributed by atoms with E-state index >= 15 is 0 Å². The van der Waals surface area contributed by atoms with Gasteiger partial charge in [-0.25, -0.2) is 9.37 Å². The SMILES string of the molecule is O=C(c1cc(-c2ccc(O)cc2)nc2n[nH]c(/C=C/c3ccc(F)cc3)c12)N1CCNCC1. The first-order valence-corrected chi connectivity index (χ1v) is 10.7. The average molecular weight is 443 g/mol. The van der Waals surface area contributed by atoms with Crippen molar-refractivity contribution in [3.8, 4) is 17.0 Å².